The highest BCUT2D eigenvalue weighted by Gasteiger charge is 2.23. The Bertz CT molecular complexity index is 809. The highest BCUT2D eigenvalue weighted by molar-refractivity contribution is 7.92. The van der Waals surface area contributed by atoms with Gasteiger partial charge in [0.25, 0.3) is 10.0 Å². The first-order valence-corrected chi connectivity index (χ1v) is 7.22. The standard InChI is InChI=1S/C12H12N2O6S/c1-6-3-9(15)8(12(16)17)5-10(6)21(18,19)14-11-4-7(2)13-20-11/h3-5,14-15H,1-2H3,(H,16,17). The molecule has 3 N–H and O–H groups in total. The molecular weight excluding hydrogens is 300 g/mol. The summed E-state index contributed by atoms with van der Waals surface area (Å²) >= 11 is 0. The molecule has 0 aliphatic heterocycles. The van der Waals surface area contributed by atoms with Gasteiger partial charge in [0.2, 0.25) is 5.88 Å². The van der Waals surface area contributed by atoms with Crippen LogP contribution in [-0.2, 0) is 10.0 Å². The Morgan fingerprint density at radius 1 is 1.29 bits per heavy atom. The molecule has 0 amide bonds. The largest absolute Gasteiger partial charge is 0.507 e. The van der Waals surface area contributed by atoms with E-state index in [2.05, 4.69) is 9.88 Å². The van der Waals surface area contributed by atoms with E-state index in [0.29, 0.717) is 5.69 Å². The van der Waals surface area contributed by atoms with Crippen LogP contribution in [0, 0.1) is 13.8 Å². The zero-order valence-corrected chi connectivity index (χ0v) is 11.9. The molecule has 0 unspecified atom stereocenters. The molecule has 0 saturated heterocycles. The van der Waals surface area contributed by atoms with Crippen molar-refractivity contribution in [1.29, 1.82) is 0 Å². The second-order valence-electron chi connectivity index (χ2n) is 4.38. The summed E-state index contributed by atoms with van der Waals surface area (Å²) in [7, 11) is -4.06. The molecule has 0 saturated carbocycles. The molecule has 112 valence electrons. The molecule has 8 nitrogen and oxygen atoms in total. The van der Waals surface area contributed by atoms with Crippen molar-refractivity contribution >= 4 is 21.9 Å². The average Bonchev–Trinajstić information content (AvgIpc) is 2.72. The molecule has 2 rings (SSSR count). The van der Waals surface area contributed by atoms with Gasteiger partial charge in [-0.05, 0) is 31.5 Å². The van der Waals surface area contributed by atoms with Crippen LogP contribution in [0.25, 0.3) is 0 Å². The first-order chi connectivity index (χ1) is 9.70. The number of phenols is 1. The van der Waals surface area contributed by atoms with Gasteiger partial charge in [-0.2, -0.15) is 0 Å². The summed E-state index contributed by atoms with van der Waals surface area (Å²) in [6.45, 7) is 3.06. The third-order valence-electron chi connectivity index (χ3n) is 2.68. The number of hydrogen-bond donors (Lipinski definition) is 3. The second-order valence-corrected chi connectivity index (χ2v) is 6.03. The van der Waals surface area contributed by atoms with Crippen molar-refractivity contribution < 1.29 is 27.9 Å². The van der Waals surface area contributed by atoms with Crippen molar-refractivity contribution in [2.75, 3.05) is 4.72 Å². The van der Waals surface area contributed by atoms with E-state index >= 15 is 0 Å². The Kier molecular flexibility index (Phi) is 3.60. The summed E-state index contributed by atoms with van der Waals surface area (Å²) in [5.74, 6) is -2.02. The first-order valence-electron chi connectivity index (χ1n) is 5.74. The first kappa shape index (κ1) is 14.9. The lowest BCUT2D eigenvalue weighted by atomic mass is 10.1. The summed E-state index contributed by atoms with van der Waals surface area (Å²) in [4.78, 5) is 10.7. The number of nitrogens with one attached hydrogen (secondary N) is 1. The average molecular weight is 312 g/mol. The van der Waals surface area contributed by atoms with Gasteiger partial charge in [-0.25, -0.2) is 17.9 Å². The normalized spacial score (nSPS) is 11.3. The maximum Gasteiger partial charge on any atom is 0.339 e. The summed E-state index contributed by atoms with van der Waals surface area (Å²) in [6, 6.07) is 3.34. The Balaban J connectivity index is 2.49. The number of carboxylic acids is 1. The molecule has 0 fully saturated rings. The monoisotopic (exact) mass is 312 g/mol. The van der Waals surface area contributed by atoms with E-state index in [9.17, 15) is 18.3 Å². The van der Waals surface area contributed by atoms with Gasteiger partial charge in [0.15, 0.2) is 0 Å². The third kappa shape index (κ3) is 2.97. The van der Waals surface area contributed by atoms with Crippen molar-refractivity contribution in [3.63, 3.8) is 0 Å². The van der Waals surface area contributed by atoms with Crippen LogP contribution in [-0.4, -0.2) is 29.8 Å². The van der Waals surface area contributed by atoms with Crippen LogP contribution < -0.4 is 4.72 Å². The van der Waals surface area contributed by atoms with Crippen molar-refractivity contribution in [3.8, 4) is 5.75 Å². The third-order valence-corrected chi connectivity index (χ3v) is 4.16. The van der Waals surface area contributed by atoms with Gasteiger partial charge >= 0.3 is 5.97 Å². The molecule has 2 aromatic rings. The van der Waals surface area contributed by atoms with Crippen LogP contribution in [0.15, 0.2) is 27.6 Å². The number of sulfonamides is 1. The van der Waals surface area contributed by atoms with Crippen molar-refractivity contribution in [1.82, 2.24) is 5.16 Å². The van der Waals surface area contributed by atoms with Gasteiger partial charge in [-0.15, -0.1) is 0 Å². The Hall–Kier alpha value is -2.55. The van der Waals surface area contributed by atoms with E-state index in [4.69, 9.17) is 9.63 Å². The number of aryl methyl sites for hydroxylation is 2. The summed E-state index contributed by atoms with van der Waals surface area (Å²) in [6.07, 6.45) is 0. The SMILES string of the molecule is Cc1cc(NS(=O)(=O)c2cc(C(=O)O)c(O)cc2C)on1. The number of anilines is 1. The molecule has 1 aromatic heterocycles. The minimum absolute atomic E-state index is 0.0862. The minimum Gasteiger partial charge on any atom is -0.507 e. The highest BCUT2D eigenvalue weighted by atomic mass is 32.2. The van der Waals surface area contributed by atoms with E-state index in [1.807, 2.05) is 0 Å². The van der Waals surface area contributed by atoms with Crippen molar-refractivity contribution in [3.05, 3.63) is 35.0 Å². The van der Waals surface area contributed by atoms with Crippen LogP contribution in [0.4, 0.5) is 5.88 Å². The fourth-order valence-electron chi connectivity index (χ4n) is 1.73. The predicted molar refractivity (Wildman–Crippen MR) is 71.9 cm³/mol. The van der Waals surface area contributed by atoms with Crippen molar-refractivity contribution in [2.45, 2.75) is 18.7 Å². The molecule has 0 aliphatic carbocycles. The van der Waals surface area contributed by atoms with Crippen molar-refractivity contribution in [2.24, 2.45) is 0 Å². The highest BCUT2D eigenvalue weighted by Crippen LogP contribution is 2.27. The molecule has 9 heteroatoms. The number of nitrogens with zero attached hydrogens (tertiary/aromatic N) is 1. The Morgan fingerprint density at radius 2 is 1.95 bits per heavy atom. The molecule has 1 heterocycles. The molecule has 0 atom stereocenters. The van der Waals surface area contributed by atoms with E-state index in [-0.39, 0.29) is 16.3 Å². The zero-order valence-electron chi connectivity index (χ0n) is 11.1. The van der Waals surface area contributed by atoms with E-state index < -0.39 is 27.3 Å². The van der Waals surface area contributed by atoms with E-state index in [1.165, 1.54) is 13.0 Å². The van der Waals surface area contributed by atoms with Gasteiger partial charge in [0.1, 0.15) is 11.3 Å². The quantitative estimate of drug-likeness (QED) is 0.779. The lowest BCUT2D eigenvalue weighted by Gasteiger charge is -2.10. The van der Waals surface area contributed by atoms with E-state index in [0.717, 1.165) is 12.1 Å². The number of rotatable bonds is 4. The molecule has 1 aromatic carbocycles. The molecule has 21 heavy (non-hydrogen) atoms. The number of aromatic nitrogens is 1. The Labute approximate surface area is 120 Å². The van der Waals surface area contributed by atoms with Gasteiger partial charge in [-0.1, -0.05) is 5.16 Å². The Morgan fingerprint density at radius 3 is 2.48 bits per heavy atom. The second kappa shape index (κ2) is 5.09. The van der Waals surface area contributed by atoms with Crippen LogP contribution in [0.2, 0.25) is 0 Å². The smallest absolute Gasteiger partial charge is 0.339 e. The fourth-order valence-corrected chi connectivity index (χ4v) is 2.96. The predicted octanol–water partition coefficient (Wildman–Crippen LogP) is 1.50. The minimum atomic E-state index is -4.06. The molecule has 0 radical (unpaired) electrons. The number of benzene rings is 1. The van der Waals surface area contributed by atoms with Crippen LogP contribution in [0.1, 0.15) is 21.6 Å². The fraction of sp³-hybridized carbons (Fsp3) is 0.167. The number of hydrogen-bond acceptors (Lipinski definition) is 6. The maximum absolute atomic E-state index is 12.2. The van der Waals surface area contributed by atoms with Gasteiger partial charge in [0, 0.05) is 6.07 Å². The topological polar surface area (TPSA) is 130 Å². The maximum atomic E-state index is 12.2. The lowest BCUT2D eigenvalue weighted by Crippen LogP contribution is -2.15. The number of carboxylic acid groups (broad SMARTS) is 1. The van der Waals surface area contributed by atoms with E-state index in [1.54, 1.807) is 6.92 Å². The number of aromatic carboxylic acids is 1. The molecular formula is C12H12N2O6S. The van der Waals surface area contributed by atoms with Gasteiger partial charge < -0.3 is 14.7 Å². The summed E-state index contributed by atoms with van der Waals surface area (Å²) < 4.78 is 31.4. The van der Waals surface area contributed by atoms with Crippen LogP contribution >= 0.6 is 0 Å². The number of aromatic hydroxyl groups is 1. The summed E-state index contributed by atoms with van der Waals surface area (Å²) in [5, 5.41) is 22.0. The van der Waals surface area contributed by atoms with Crippen LogP contribution in [0.3, 0.4) is 0 Å². The molecule has 0 bridgehead atoms. The van der Waals surface area contributed by atoms with Gasteiger partial charge in [-0.3, -0.25) is 0 Å². The van der Waals surface area contributed by atoms with Crippen LogP contribution in [0.5, 0.6) is 5.75 Å². The zero-order chi connectivity index (χ0) is 15.8. The number of carbonyl (C=O) groups is 1. The lowest BCUT2D eigenvalue weighted by molar-refractivity contribution is 0.0693. The molecule has 0 spiro atoms. The van der Waals surface area contributed by atoms with Gasteiger partial charge in [0.05, 0.1) is 10.6 Å². The summed E-state index contributed by atoms with van der Waals surface area (Å²) in [5.41, 5.74) is 0.178. The molecule has 0 aliphatic rings.